The van der Waals surface area contributed by atoms with E-state index in [0.29, 0.717) is 28.9 Å². The maximum absolute atomic E-state index is 9.95. The van der Waals surface area contributed by atoms with Crippen LogP contribution >= 0.6 is 0 Å². The lowest BCUT2D eigenvalue weighted by molar-refractivity contribution is 0.410. The van der Waals surface area contributed by atoms with Crippen LogP contribution in [0.5, 0.6) is 11.5 Å². The van der Waals surface area contributed by atoms with E-state index in [9.17, 15) is 5.26 Å². The van der Waals surface area contributed by atoms with E-state index < -0.39 is 0 Å². The molecule has 4 nitrogen and oxygen atoms in total. The van der Waals surface area contributed by atoms with Crippen LogP contribution in [0.2, 0.25) is 0 Å². The zero-order valence-corrected chi connectivity index (χ0v) is 28.8. The van der Waals surface area contributed by atoms with E-state index in [1.807, 2.05) is 25.1 Å². The fourth-order valence-electron chi connectivity index (χ4n) is 6.19. The van der Waals surface area contributed by atoms with Crippen LogP contribution in [0.1, 0.15) is 147 Å². The molecule has 0 amide bonds. The molecular formula is C42H64N2O2. The molecule has 0 aliphatic carbocycles. The van der Waals surface area contributed by atoms with Crippen molar-refractivity contribution in [1.29, 1.82) is 5.26 Å². The summed E-state index contributed by atoms with van der Waals surface area (Å²) in [6.45, 7) is 21.3. The summed E-state index contributed by atoms with van der Waals surface area (Å²) in [5.74, 6) is 2.79. The Labute approximate surface area is 283 Å². The molecule has 2 rings (SSSR count). The number of unbranched alkanes of at least 4 members (excludes halogenated alkanes) is 2. The molecule has 0 bridgehead atoms. The van der Waals surface area contributed by atoms with Gasteiger partial charge in [-0.05, 0) is 97.4 Å². The number of ether oxygens (including phenoxy) is 2. The van der Waals surface area contributed by atoms with Crippen molar-refractivity contribution >= 4 is 17.3 Å². The highest BCUT2D eigenvalue weighted by molar-refractivity contribution is 5.90. The monoisotopic (exact) mass is 628 g/mol. The minimum absolute atomic E-state index is 0. The molecule has 2 aromatic carbocycles. The minimum atomic E-state index is 0. The molecule has 2 unspecified atom stereocenters. The number of allylic oxidation sites excluding steroid dienone is 2. The van der Waals surface area contributed by atoms with Gasteiger partial charge < -0.3 is 9.47 Å². The molecule has 0 saturated heterocycles. The molecule has 0 aliphatic rings. The summed E-state index contributed by atoms with van der Waals surface area (Å²) >= 11 is 0. The first-order valence-electron chi connectivity index (χ1n) is 16.9. The van der Waals surface area contributed by atoms with Gasteiger partial charge in [0.2, 0.25) is 0 Å². The van der Waals surface area contributed by atoms with Gasteiger partial charge in [0.05, 0.1) is 32.4 Å². The third kappa shape index (κ3) is 12.0. The number of hydrogen-bond acceptors (Lipinski definition) is 3. The van der Waals surface area contributed by atoms with Gasteiger partial charge in [0, 0.05) is 5.56 Å². The lowest BCUT2D eigenvalue weighted by Gasteiger charge is -2.19. The Hall–Kier alpha value is -3.50. The largest absolute Gasteiger partial charge is 0.497 e. The first kappa shape index (κ1) is 42.5. The fourth-order valence-corrected chi connectivity index (χ4v) is 6.19. The Morgan fingerprint density at radius 3 is 1.85 bits per heavy atom. The van der Waals surface area contributed by atoms with Crippen LogP contribution in [0.15, 0.2) is 30.3 Å². The molecule has 0 heterocycles. The fraction of sp³-hybridized carbons (Fsp3) is 0.571. The Balaban J connectivity index is 0.0000101. The van der Waals surface area contributed by atoms with E-state index in [2.05, 4.69) is 63.7 Å². The smallest absolute Gasteiger partial charge is 0.198 e. The minimum Gasteiger partial charge on any atom is -0.497 e. The number of nitriles is 1. The summed E-state index contributed by atoms with van der Waals surface area (Å²) in [7, 11) is 3.35. The Morgan fingerprint density at radius 2 is 1.39 bits per heavy atom. The van der Waals surface area contributed by atoms with Gasteiger partial charge in [-0.15, -0.1) is 0 Å². The SMILES string of the molecule is C.C.[C-]#[N+]/C(=C\c1cc(OC)c(C)cc1CCC(CC)CCCC)c1cc(CCC(CC)CCCC)c(/C(C#N)=C/C)cc1OC. The van der Waals surface area contributed by atoms with Gasteiger partial charge >= 0.3 is 0 Å². The van der Waals surface area contributed by atoms with Crippen LogP contribution in [-0.4, -0.2) is 14.2 Å². The van der Waals surface area contributed by atoms with Crippen LogP contribution in [-0.2, 0) is 12.8 Å². The number of benzene rings is 2. The molecular weight excluding hydrogens is 564 g/mol. The summed E-state index contributed by atoms with van der Waals surface area (Å²) in [4.78, 5) is 4.05. The number of nitrogens with zero attached hydrogens (tertiary/aromatic N) is 2. The molecule has 254 valence electrons. The molecule has 46 heavy (non-hydrogen) atoms. The standard InChI is InChI=1S/C40H56N2O2.2CH4/c1-10-15-17-30(12-3)19-21-33-23-29(6)39(43-8)26-35(33)25-38(42-7)37-24-34(22-20-31(13-4)18-16-11-2)36(27-40(37)44-9)32(14-5)28-41;;/h14,23-27,30-31H,10-13,15-22H2,1-6,8-9H3;2*1H4/b32-14+,38-25-;;. The van der Waals surface area contributed by atoms with Crippen molar-refractivity contribution in [3.05, 3.63) is 75.1 Å². The van der Waals surface area contributed by atoms with Gasteiger partial charge in [0.25, 0.3) is 0 Å². The van der Waals surface area contributed by atoms with E-state index >= 15 is 0 Å². The third-order valence-electron chi connectivity index (χ3n) is 9.20. The zero-order valence-electron chi connectivity index (χ0n) is 28.8. The molecule has 0 aromatic heterocycles. The molecule has 0 aliphatic heterocycles. The third-order valence-corrected chi connectivity index (χ3v) is 9.20. The Morgan fingerprint density at radius 1 is 0.826 bits per heavy atom. The van der Waals surface area contributed by atoms with Crippen molar-refractivity contribution in [2.24, 2.45) is 11.8 Å². The predicted octanol–water partition coefficient (Wildman–Crippen LogP) is 12.9. The van der Waals surface area contributed by atoms with Crippen molar-refractivity contribution in [1.82, 2.24) is 0 Å². The number of rotatable bonds is 19. The number of hydrogen-bond donors (Lipinski definition) is 0. The van der Waals surface area contributed by atoms with Crippen LogP contribution in [0.4, 0.5) is 0 Å². The normalized spacial score (nSPS) is 12.7. The van der Waals surface area contributed by atoms with E-state index in [4.69, 9.17) is 16.0 Å². The van der Waals surface area contributed by atoms with Crippen molar-refractivity contribution in [3.63, 3.8) is 0 Å². The second-order valence-corrected chi connectivity index (χ2v) is 12.1. The van der Waals surface area contributed by atoms with Gasteiger partial charge in [0.1, 0.15) is 11.5 Å². The molecule has 0 saturated carbocycles. The van der Waals surface area contributed by atoms with Crippen molar-refractivity contribution in [2.45, 2.75) is 133 Å². The summed E-state index contributed by atoms with van der Waals surface area (Å²) in [6.07, 6.45) is 17.7. The summed E-state index contributed by atoms with van der Waals surface area (Å²) < 4.78 is 11.6. The predicted molar refractivity (Wildman–Crippen MR) is 201 cm³/mol. The van der Waals surface area contributed by atoms with Gasteiger partial charge in [-0.3, -0.25) is 0 Å². The topological polar surface area (TPSA) is 46.6 Å². The Bertz CT molecular complexity index is 1340. The van der Waals surface area contributed by atoms with Gasteiger partial charge in [0.15, 0.2) is 5.70 Å². The summed E-state index contributed by atoms with van der Waals surface area (Å²) in [5.41, 5.74) is 7.33. The van der Waals surface area contributed by atoms with Crippen LogP contribution in [0.3, 0.4) is 0 Å². The van der Waals surface area contributed by atoms with Crippen molar-refractivity contribution in [3.8, 4) is 17.6 Å². The number of aryl methyl sites for hydroxylation is 3. The molecule has 0 spiro atoms. The number of methoxy groups -OCH3 is 2. The highest BCUT2D eigenvalue weighted by Gasteiger charge is 2.19. The van der Waals surface area contributed by atoms with Crippen molar-refractivity contribution < 1.29 is 9.47 Å². The summed E-state index contributed by atoms with van der Waals surface area (Å²) in [5, 5.41) is 9.95. The van der Waals surface area contributed by atoms with Gasteiger partial charge in [-0.1, -0.05) is 112 Å². The van der Waals surface area contributed by atoms with Crippen LogP contribution < -0.4 is 9.47 Å². The molecule has 0 radical (unpaired) electrons. The maximum atomic E-state index is 9.95. The summed E-state index contributed by atoms with van der Waals surface area (Å²) in [6, 6.07) is 10.8. The van der Waals surface area contributed by atoms with Gasteiger partial charge in [-0.2, -0.15) is 5.26 Å². The molecule has 0 N–H and O–H groups in total. The lowest BCUT2D eigenvalue weighted by Crippen LogP contribution is -2.05. The second-order valence-electron chi connectivity index (χ2n) is 12.1. The van der Waals surface area contributed by atoms with Crippen LogP contribution in [0.25, 0.3) is 22.2 Å². The van der Waals surface area contributed by atoms with Crippen LogP contribution in [0, 0.1) is 36.7 Å². The first-order chi connectivity index (χ1) is 21.3. The van der Waals surface area contributed by atoms with Crippen molar-refractivity contribution in [2.75, 3.05) is 14.2 Å². The molecule has 4 heteroatoms. The first-order valence-corrected chi connectivity index (χ1v) is 16.9. The van der Waals surface area contributed by atoms with E-state index in [1.54, 1.807) is 14.2 Å². The Kier molecular flexibility index (Phi) is 21.2. The van der Waals surface area contributed by atoms with E-state index in [0.717, 1.165) is 65.7 Å². The highest BCUT2D eigenvalue weighted by atomic mass is 16.5. The zero-order chi connectivity index (χ0) is 32.5. The maximum Gasteiger partial charge on any atom is 0.198 e. The van der Waals surface area contributed by atoms with E-state index in [-0.39, 0.29) is 14.9 Å². The lowest BCUT2D eigenvalue weighted by atomic mass is 9.87. The van der Waals surface area contributed by atoms with E-state index in [1.165, 1.54) is 50.5 Å². The second kappa shape index (κ2) is 22.9. The van der Waals surface area contributed by atoms with Gasteiger partial charge in [-0.25, -0.2) is 4.85 Å². The molecule has 2 aromatic rings. The average Bonchev–Trinajstić information content (AvgIpc) is 3.05. The quantitative estimate of drug-likeness (QED) is 0.0883. The molecule has 2 atom stereocenters. The molecule has 0 fully saturated rings. The average molecular weight is 629 g/mol. The highest BCUT2D eigenvalue weighted by Crippen LogP contribution is 2.37.